The van der Waals surface area contributed by atoms with Gasteiger partial charge in [0.2, 0.25) is 0 Å². The minimum atomic E-state index is -0.0229. The van der Waals surface area contributed by atoms with E-state index in [9.17, 15) is 4.79 Å². The van der Waals surface area contributed by atoms with Gasteiger partial charge in [0.05, 0.1) is 12.7 Å². The first-order valence-electron chi connectivity index (χ1n) is 4.75. The summed E-state index contributed by atoms with van der Waals surface area (Å²) in [6.45, 7) is 0.669. The zero-order chi connectivity index (χ0) is 12.1. The number of benzene rings is 1. The van der Waals surface area contributed by atoms with Crippen molar-refractivity contribution in [2.24, 2.45) is 0 Å². The monoisotopic (exact) mass is 349 g/mol. The van der Waals surface area contributed by atoms with Crippen LogP contribution in [0.3, 0.4) is 0 Å². The van der Waals surface area contributed by atoms with Crippen molar-refractivity contribution in [1.29, 1.82) is 0 Å². The molecule has 1 aromatic rings. The molecule has 0 aliphatic carbocycles. The summed E-state index contributed by atoms with van der Waals surface area (Å²) >= 11 is 6.67. The van der Waals surface area contributed by atoms with E-state index in [-0.39, 0.29) is 5.91 Å². The van der Waals surface area contributed by atoms with Crippen LogP contribution in [0.4, 0.5) is 0 Å². The molecule has 0 atom stereocenters. The molecule has 0 saturated heterocycles. The van der Waals surface area contributed by atoms with E-state index in [0.29, 0.717) is 17.9 Å². The van der Waals surface area contributed by atoms with E-state index in [2.05, 4.69) is 31.9 Å². The molecular weight excluding hydrogens is 338 g/mol. The van der Waals surface area contributed by atoms with Crippen LogP contribution in [0.2, 0.25) is 0 Å². The van der Waals surface area contributed by atoms with E-state index in [1.165, 1.54) is 0 Å². The molecule has 0 bridgehead atoms. The SMILES string of the molecule is COc1ccc(Br)c(C(=O)N(C)CCBr)c1. The van der Waals surface area contributed by atoms with Crippen LogP contribution in [0, 0.1) is 0 Å². The van der Waals surface area contributed by atoms with Crippen molar-refractivity contribution in [1.82, 2.24) is 4.90 Å². The number of halogens is 2. The standard InChI is InChI=1S/C11H13Br2NO2/c1-14(6-5-12)11(15)9-7-8(16-2)3-4-10(9)13/h3-4,7H,5-6H2,1-2H3. The highest BCUT2D eigenvalue weighted by molar-refractivity contribution is 9.10. The smallest absolute Gasteiger partial charge is 0.254 e. The van der Waals surface area contributed by atoms with Crippen molar-refractivity contribution in [2.45, 2.75) is 0 Å². The second-order valence-electron chi connectivity index (χ2n) is 3.26. The molecule has 0 unspecified atom stereocenters. The summed E-state index contributed by atoms with van der Waals surface area (Å²) in [5.74, 6) is 0.656. The normalized spacial score (nSPS) is 10.0. The molecule has 3 nitrogen and oxygen atoms in total. The van der Waals surface area contributed by atoms with Gasteiger partial charge in [0, 0.05) is 23.4 Å². The third-order valence-electron chi connectivity index (χ3n) is 2.17. The molecule has 5 heteroatoms. The number of alkyl halides is 1. The Labute approximate surface area is 112 Å². The first-order valence-corrected chi connectivity index (χ1v) is 6.66. The van der Waals surface area contributed by atoms with Crippen LogP contribution >= 0.6 is 31.9 Å². The Morgan fingerprint density at radius 2 is 2.19 bits per heavy atom. The molecule has 0 spiro atoms. The summed E-state index contributed by atoms with van der Waals surface area (Å²) < 4.78 is 5.88. The molecule has 0 saturated carbocycles. The Bertz CT molecular complexity index is 382. The molecule has 0 N–H and O–H groups in total. The number of nitrogens with zero attached hydrogens (tertiary/aromatic N) is 1. The summed E-state index contributed by atoms with van der Waals surface area (Å²) in [5.41, 5.74) is 0.614. The summed E-state index contributed by atoms with van der Waals surface area (Å²) in [6, 6.07) is 5.36. The number of ether oxygens (including phenoxy) is 1. The van der Waals surface area contributed by atoms with Crippen LogP contribution in [0.15, 0.2) is 22.7 Å². The van der Waals surface area contributed by atoms with Crippen LogP contribution in [0.1, 0.15) is 10.4 Å². The van der Waals surface area contributed by atoms with Crippen LogP contribution < -0.4 is 4.74 Å². The van der Waals surface area contributed by atoms with E-state index in [4.69, 9.17) is 4.74 Å². The fourth-order valence-corrected chi connectivity index (χ4v) is 2.18. The molecule has 1 amide bonds. The van der Waals surface area contributed by atoms with Crippen molar-refractivity contribution in [3.8, 4) is 5.75 Å². The lowest BCUT2D eigenvalue weighted by Crippen LogP contribution is -2.28. The number of hydrogen-bond donors (Lipinski definition) is 0. The van der Waals surface area contributed by atoms with Gasteiger partial charge < -0.3 is 9.64 Å². The number of methoxy groups -OCH3 is 1. The number of carbonyl (C=O) groups is 1. The average Bonchev–Trinajstić information content (AvgIpc) is 2.29. The van der Waals surface area contributed by atoms with Gasteiger partial charge in [-0.1, -0.05) is 15.9 Å². The van der Waals surface area contributed by atoms with Crippen LogP contribution in [-0.4, -0.2) is 36.8 Å². The van der Waals surface area contributed by atoms with Gasteiger partial charge in [-0.15, -0.1) is 0 Å². The Balaban J connectivity index is 2.97. The Morgan fingerprint density at radius 1 is 1.50 bits per heavy atom. The Morgan fingerprint density at radius 3 is 2.75 bits per heavy atom. The van der Waals surface area contributed by atoms with Crippen molar-refractivity contribution < 1.29 is 9.53 Å². The lowest BCUT2D eigenvalue weighted by atomic mass is 10.2. The second-order valence-corrected chi connectivity index (χ2v) is 4.91. The molecule has 1 rings (SSSR count). The van der Waals surface area contributed by atoms with Crippen LogP contribution in [0.25, 0.3) is 0 Å². The van der Waals surface area contributed by atoms with Gasteiger partial charge in [0.1, 0.15) is 5.75 Å². The quantitative estimate of drug-likeness (QED) is 0.781. The molecule has 0 heterocycles. The molecule has 0 aromatic heterocycles. The zero-order valence-electron chi connectivity index (χ0n) is 9.17. The predicted octanol–water partition coefficient (Wildman–Crippen LogP) is 2.92. The number of hydrogen-bond acceptors (Lipinski definition) is 2. The minimum Gasteiger partial charge on any atom is -0.497 e. The predicted molar refractivity (Wildman–Crippen MR) is 71.4 cm³/mol. The highest BCUT2D eigenvalue weighted by Gasteiger charge is 2.15. The van der Waals surface area contributed by atoms with Crippen molar-refractivity contribution in [3.05, 3.63) is 28.2 Å². The molecule has 0 aliphatic heterocycles. The van der Waals surface area contributed by atoms with Crippen molar-refractivity contribution in [2.75, 3.05) is 26.0 Å². The molecule has 0 fully saturated rings. The summed E-state index contributed by atoms with van der Waals surface area (Å²) in [6.07, 6.45) is 0. The highest BCUT2D eigenvalue weighted by Crippen LogP contribution is 2.23. The van der Waals surface area contributed by atoms with E-state index >= 15 is 0 Å². The molecule has 1 aromatic carbocycles. The van der Waals surface area contributed by atoms with Crippen molar-refractivity contribution >= 4 is 37.8 Å². The maximum Gasteiger partial charge on any atom is 0.254 e. The molecule has 0 radical (unpaired) electrons. The Kier molecular flexibility index (Phi) is 5.28. The first kappa shape index (κ1) is 13.5. The molecule has 0 aliphatic rings. The Hall–Kier alpha value is -0.550. The van der Waals surface area contributed by atoms with Crippen LogP contribution in [-0.2, 0) is 0 Å². The highest BCUT2D eigenvalue weighted by atomic mass is 79.9. The maximum absolute atomic E-state index is 12.0. The van der Waals surface area contributed by atoms with Gasteiger partial charge in [0.15, 0.2) is 0 Å². The molecule has 16 heavy (non-hydrogen) atoms. The largest absolute Gasteiger partial charge is 0.497 e. The number of rotatable bonds is 4. The second kappa shape index (κ2) is 6.25. The molecular formula is C11H13Br2NO2. The number of amides is 1. The van der Waals surface area contributed by atoms with E-state index < -0.39 is 0 Å². The van der Waals surface area contributed by atoms with Gasteiger partial charge in [0.25, 0.3) is 5.91 Å². The maximum atomic E-state index is 12.0. The summed E-state index contributed by atoms with van der Waals surface area (Å²) in [4.78, 5) is 13.7. The first-order chi connectivity index (χ1) is 7.60. The van der Waals surface area contributed by atoms with Gasteiger partial charge >= 0.3 is 0 Å². The van der Waals surface area contributed by atoms with E-state index in [0.717, 1.165) is 9.80 Å². The van der Waals surface area contributed by atoms with Gasteiger partial charge in [-0.05, 0) is 34.1 Å². The third kappa shape index (κ3) is 3.22. The zero-order valence-corrected chi connectivity index (χ0v) is 12.3. The summed E-state index contributed by atoms with van der Waals surface area (Å²) in [7, 11) is 3.36. The van der Waals surface area contributed by atoms with E-state index in [1.807, 2.05) is 12.1 Å². The lowest BCUT2D eigenvalue weighted by Gasteiger charge is -2.17. The van der Waals surface area contributed by atoms with E-state index in [1.54, 1.807) is 25.1 Å². The third-order valence-corrected chi connectivity index (χ3v) is 3.22. The lowest BCUT2D eigenvalue weighted by molar-refractivity contribution is 0.0803. The molecule has 88 valence electrons. The summed E-state index contributed by atoms with van der Waals surface area (Å²) in [5, 5.41) is 0.761. The van der Waals surface area contributed by atoms with Gasteiger partial charge in [-0.25, -0.2) is 0 Å². The topological polar surface area (TPSA) is 29.5 Å². The van der Waals surface area contributed by atoms with Gasteiger partial charge in [-0.3, -0.25) is 4.79 Å². The fraction of sp³-hybridized carbons (Fsp3) is 0.364. The number of carbonyl (C=O) groups excluding carboxylic acids is 1. The van der Waals surface area contributed by atoms with Crippen LogP contribution in [0.5, 0.6) is 5.75 Å². The fourth-order valence-electron chi connectivity index (χ4n) is 1.23. The van der Waals surface area contributed by atoms with Gasteiger partial charge in [-0.2, -0.15) is 0 Å². The average molecular weight is 351 g/mol. The minimum absolute atomic E-state index is 0.0229. The van der Waals surface area contributed by atoms with Crippen molar-refractivity contribution in [3.63, 3.8) is 0 Å².